The maximum Gasteiger partial charge on any atom is 0.163 e. The van der Waals surface area contributed by atoms with Crippen molar-refractivity contribution in [3.63, 3.8) is 0 Å². The van der Waals surface area contributed by atoms with Crippen LogP contribution < -0.4 is 0 Å². The molecule has 0 radical (unpaired) electrons. The highest BCUT2D eigenvalue weighted by molar-refractivity contribution is 6.03. The predicted molar refractivity (Wildman–Crippen MR) is 194 cm³/mol. The number of carbonyl (C=O) groups excluding carboxylic acids is 1. The maximum atomic E-state index is 15.7. The van der Waals surface area contributed by atoms with Crippen molar-refractivity contribution in [1.82, 2.24) is 0 Å². The third-order valence-corrected chi connectivity index (χ3v) is 6.91. The molecule has 0 bridgehead atoms. The van der Waals surface area contributed by atoms with Crippen LogP contribution in [-0.2, 0) is 12.8 Å². The molecule has 0 saturated carbocycles. The summed E-state index contributed by atoms with van der Waals surface area (Å²) in [4.78, 5) is 12.3. The lowest BCUT2D eigenvalue weighted by atomic mass is 9.85. The number of rotatable bonds is 9. The molecule has 1 aliphatic carbocycles. The molecule has 0 amide bonds. The summed E-state index contributed by atoms with van der Waals surface area (Å²) in [5.74, 6) is 0.853. The number of halogens is 1. The monoisotopic (exact) mass is 595 g/mol. The van der Waals surface area contributed by atoms with Gasteiger partial charge in [-0.1, -0.05) is 157 Å². The predicted octanol–water partition coefficient (Wildman–Crippen LogP) is 13.9. The van der Waals surface area contributed by atoms with E-state index < -0.39 is 0 Å². The first kappa shape index (κ1) is 42.7. The van der Waals surface area contributed by atoms with Gasteiger partial charge >= 0.3 is 0 Å². The van der Waals surface area contributed by atoms with Crippen LogP contribution in [-0.4, -0.2) is 5.78 Å². The quantitative estimate of drug-likeness (QED) is 0.264. The zero-order valence-corrected chi connectivity index (χ0v) is 30.3. The van der Waals surface area contributed by atoms with Gasteiger partial charge in [0.25, 0.3) is 0 Å². The molecule has 0 unspecified atom stereocenters. The van der Waals surface area contributed by atoms with Crippen LogP contribution in [0.2, 0.25) is 0 Å². The van der Waals surface area contributed by atoms with Crippen molar-refractivity contribution in [2.24, 2.45) is 5.92 Å². The summed E-state index contributed by atoms with van der Waals surface area (Å²) in [7, 11) is 0. The summed E-state index contributed by atoms with van der Waals surface area (Å²) in [6.07, 6.45) is 15.7. The minimum atomic E-state index is -0.214. The molecule has 2 aromatic rings. The fraction of sp³-hybridized carbons (Fsp3) is 0.585. The summed E-state index contributed by atoms with van der Waals surface area (Å²) in [6, 6.07) is 7.77. The van der Waals surface area contributed by atoms with Crippen molar-refractivity contribution < 1.29 is 9.18 Å². The third-order valence-electron chi connectivity index (χ3n) is 6.91. The van der Waals surface area contributed by atoms with Gasteiger partial charge in [-0.3, -0.25) is 4.79 Å². The van der Waals surface area contributed by atoms with E-state index >= 15 is 4.39 Å². The number of fused-ring (bicyclic) bond motifs is 1. The second-order valence-electron chi connectivity index (χ2n) is 11.8. The van der Waals surface area contributed by atoms with Crippen LogP contribution in [0.1, 0.15) is 167 Å². The van der Waals surface area contributed by atoms with Gasteiger partial charge in [0.2, 0.25) is 0 Å². The highest BCUT2D eigenvalue weighted by Crippen LogP contribution is 2.40. The first-order valence-corrected chi connectivity index (χ1v) is 17.3. The molecule has 244 valence electrons. The minimum absolute atomic E-state index is 0.169. The number of hydrogen-bond donors (Lipinski definition) is 0. The Kier molecular flexibility index (Phi) is 25.8. The van der Waals surface area contributed by atoms with Crippen molar-refractivity contribution in [2.45, 2.75) is 154 Å². The van der Waals surface area contributed by atoms with E-state index in [1.54, 1.807) is 6.08 Å². The molecule has 1 aliphatic rings. The van der Waals surface area contributed by atoms with E-state index in [0.717, 1.165) is 58.6 Å². The van der Waals surface area contributed by atoms with Gasteiger partial charge < -0.3 is 0 Å². The van der Waals surface area contributed by atoms with Gasteiger partial charge in [0.15, 0.2) is 5.78 Å². The smallest absolute Gasteiger partial charge is 0.163 e. The topological polar surface area (TPSA) is 17.1 Å². The molecular formula is C41H67FO. The number of hydrogen-bond acceptors (Lipinski definition) is 1. The molecule has 2 aromatic carbocycles. The number of unbranched alkanes of at least 4 members (excludes halogenated alkanes) is 2. The standard InChI is InChI=1S/C25H27FO.C6H14.C4H10.2C3H8/c1-5-8-9-18-11-13-20-21(14-15-22(20)27)24(18)23-16(4)10-12-19(25(23)26)17(6-2)7-3;1-4-5-6(2)3;1-3-4-2;2*1-3-2/h6-7,10-13H,2,5,8-9,14-15H2,1,3-4H3;6H,4-5H2,1-3H3;3-4H2,1-2H3;2*3H2,1-2H3/b17-7+;;;;. The largest absolute Gasteiger partial charge is 0.294 e. The highest BCUT2D eigenvalue weighted by Gasteiger charge is 2.27. The number of allylic oxidation sites excluding steroid dienone is 3. The summed E-state index contributed by atoms with van der Waals surface area (Å²) in [6.45, 7) is 29.4. The lowest BCUT2D eigenvalue weighted by Gasteiger charge is -2.19. The summed E-state index contributed by atoms with van der Waals surface area (Å²) < 4.78 is 15.7. The van der Waals surface area contributed by atoms with E-state index in [2.05, 4.69) is 75.8 Å². The van der Waals surface area contributed by atoms with Crippen LogP contribution in [0, 0.1) is 18.7 Å². The molecule has 0 N–H and O–H groups in total. The molecule has 0 heterocycles. The number of Topliss-reactive ketones (excluding diaryl/α,β-unsaturated/α-hetero) is 1. The Labute approximate surface area is 267 Å². The second-order valence-corrected chi connectivity index (χ2v) is 11.8. The second kappa shape index (κ2) is 26.0. The summed E-state index contributed by atoms with van der Waals surface area (Å²) in [5, 5.41) is 0. The molecule has 1 nitrogen and oxygen atoms in total. The summed E-state index contributed by atoms with van der Waals surface area (Å²) >= 11 is 0. The van der Waals surface area contributed by atoms with Crippen LogP contribution in [0.5, 0.6) is 0 Å². The normalized spacial score (nSPS) is 11.6. The van der Waals surface area contributed by atoms with Gasteiger partial charge in [-0.05, 0) is 66.9 Å². The van der Waals surface area contributed by atoms with E-state index in [4.69, 9.17) is 0 Å². The molecule has 2 heteroatoms. The van der Waals surface area contributed by atoms with E-state index in [9.17, 15) is 4.79 Å². The van der Waals surface area contributed by atoms with Crippen molar-refractivity contribution in [3.05, 3.63) is 76.6 Å². The maximum absolute atomic E-state index is 15.7. The molecule has 0 atom stereocenters. The zero-order valence-electron chi connectivity index (χ0n) is 30.3. The molecule has 0 fully saturated rings. The van der Waals surface area contributed by atoms with Gasteiger partial charge in [-0.2, -0.15) is 0 Å². The van der Waals surface area contributed by atoms with E-state index in [1.807, 2.05) is 44.2 Å². The highest BCUT2D eigenvalue weighted by atomic mass is 19.1. The van der Waals surface area contributed by atoms with Crippen molar-refractivity contribution >= 4 is 11.4 Å². The molecule has 0 saturated heterocycles. The SMILES string of the molecule is C=C/C(=C\C)c1ccc(C)c(-c2c(CCCC)ccc3c2CCC3=O)c1F.CCC.CCC.CCCC.CCCC(C)C. The van der Waals surface area contributed by atoms with Crippen LogP contribution in [0.3, 0.4) is 0 Å². The van der Waals surface area contributed by atoms with Gasteiger partial charge in [-0.25, -0.2) is 4.39 Å². The Morgan fingerprint density at radius 2 is 1.44 bits per heavy atom. The number of benzene rings is 2. The Balaban J connectivity index is 0. The molecule has 0 aromatic heterocycles. The number of carbonyl (C=O) groups is 1. The Bertz CT molecular complexity index is 1070. The Morgan fingerprint density at radius 3 is 1.86 bits per heavy atom. The third kappa shape index (κ3) is 15.2. The lowest BCUT2D eigenvalue weighted by Crippen LogP contribution is -2.03. The van der Waals surface area contributed by atoms with Gasteiger partial charge in [-0.15, -0.1) is 0 Å². The Morgan fingerprint density at radius 1 is 0.860 bits per heavy atom. The lowest BCUT2D eigenvalue weighted by molar-refractivity contribution is 0.0994. The van der Waals surface area contributed by atoms with Gasteiger partial charge in [0, 0.05) is 23.1 Å². The molecule has 3 rings (SSSR count). The van der Waals surface area contributed by atoms with Crippen molar-refractivity contribution in [2.75, 3.05) is 0 Å². The molecule has 0 spiro atoms. The van der Waals surface area contributed by atoms with Crippen molar-refractivity contribution in [1.29, 1.82) is 0 Å². The molecular weight excluding hydrogens is 527 g/mol. The fourth-order valence-corrected chi connectivity index (χ4v) is 4.64. The fourth-order valence-electron chi connectivity index (χ4n) is 4.64. The van der Waals surface area contributed by atoms with Crippen LogP contribution in [0.25, 0.3) is 16.7 Å². The van der Waals surface area contributed by atoms with E-state index in [1.165, 1.54) is 38.5 Å². The molecule has 0 aliphatic heterocycles. The van der Waals surface area contributed by atoms with Gasteiger partial charge in [0.05, 0.1) is 0 Å². The average Bonchev–Trinajstić information content (AvgIpc) is 3.36. The molecule has 43 heavy (non-hydrogen) atoms. The van der Waals surface area contributed by atoms with Gasteiger partial charge in [0.1, 0.15) is 5.82 Å². The summed E-state index contributed by atoms with van der Waals surface area (Å²) in [5.41, 5.74) is 6.78. The van der Waals surface area contributed by atoms with E-state index in [0.29, 0.717) is 24.0 Å². The van der Waals surface area contributed by atoms with Crippen LogP contribution in [0.4, 0.5) is 4.39 Å². The first-order chi connectivity index (χ1) is 20.5. The van der Waals surface area contributed by atoms with E-state index in [-0.39, 0.29) is 11.6 Å². The Hall–Kier alpha value is -2.48. The number of ketones is 1. The zero-order chi connectivity index (χ0) is 33.4. The number of aryl methyl sites for hydroxylation is 2. The van der Waals surface area contributed by atoms with Crippen LogP contribution in [0.15, 0.2) is 43.0 Å². The first-order valence-electron chi connectivity index (χ1n) is 17.3. The minimum Gasteiger partial charge on any atom is -0.294 e. The average molecular weight is 595 g/mol. The van der Waals surface area contributed by atoms with Crippen molar-refractivity contribution in [3.8, 4) is 11.1 Å². The van der Waals surface area contributed by atoms with Crippen LogP contribution >= 0.6 is 0 Å².